The molecule has 2 aliphatic rings. The van der Waals surface area contributed by atoms with Gasteiger partial charge in [-0.05, 0) is 65.3 Å². The molecule has 4 rings (SSSR count). The molecule has 8 nitrogen and oxygen atoms in total. The molecule has 0 aromatic heterocycles. The Morgan fingerprint density at radius 2 is 1.21 bits per heavy atom. The zero-order valence-electron chi connectivity index (χ0n) is 19.9. The van der Waals surface area contributed by atoms with E-state index in [0.29, 0.717) is 23.0 Å². The van der Waals surface area contributed by atoms with E-state index in [2.05, 4.69) is 0 Å². The molecule has 2 bridgehead atoms. The van der Waals surface area contributed by atoms with E-state index in [4.69, 9.17) is 23.7 Å². The topological polar surface area (TPSA) is 97.4 Å². The maximum Gasteiger partial charge on any atom is 0.308 e. The van der Waals surface area contributed by atoms with Crippen LogP contribution in [0.15, 0.2) is 24.3 Å². The van der Waals surface area contributed by atoms with Crippen LogP contribution in [0.1, 0.15) is 48.9 Å². The van der Waals surface area contributed by atoms with Crippen LogP contribution in [-0.2, 0) is 32.0 Å². The van der Waals surface area contributed by atoms with Crippen LogP contribution in [0.25, 0.3) is 0 Å². The summed E-state index contributed by atoms with van der Waals surface area (Å²) in [5, 5.41) is 0. The smallest absolute Gasteiger partial charge is 0.308 e. The summed E-state index contributed by atoms with van der Waals surface area (Å²) < 4.78 is 27.3. The number of fused-ring (bicyclic) bond motifs is 6. The second-order valence-electron chi connectivity index (χ2n) is 8.70. The van der Waals surface area contributed by atoms with Crippen molar-refractivity contribution in [1.29, 1.82) is 0 Å². The minimum atomic E-state index is -0.444. The number of carbonyl (C=O) groups excluding carboxylic acids is 3. The lowest BCUT2D eigenvalue weighted by atomic mass is 9.60. The van der Waals surface area contributed by atoms with Crippen LogP contribution < -0.4 is 18.9 Å². The number of ether oxygens (including phenoxy) is 5. The van der Waals surface area contributed by atoms with Gasteiger partial charge in [0, 0.05) is 32.6 Å². The molecule has 0 aliphatic heterocycles. The summed E-state index contributed by atoms with van der Waals surface area (Å²) in [6.07, 6.45) is 1.46. The van der Waals surface area contributed by atoms with Crippen molar-refractivity contribution in [3.63, 3.8) is 0 Å². The Hall–Kier alpha value is -3.55. The van der Waals surface area contributed by atoms with Crippen molar-refractivity contribution in [1.82, 2.24) is 0 Å². The average Bonchev–Trinajstić information content (AvgIpc) is 2.76. The van der Waals surface area contributed by atoms with Crippen molar-refractivity contribution in [3.05, 3.63) is 46.5 Å². The van der Waals surface area contributed by atoms with Gasteiger partial charge in [-0.15, -0.1) is 0 Å². The van der Waals surface area contributed by atoms with Gasteiger partial charge in [-0.3, -0.25) is 14.4 Å². The number of rotatable bonds is 6. The first-order valence-corrected chi connectivity index (χ1v) is 11.1. The van der Waals surface area contributed by atoms with Gasteiger partial charge in [-0.2, -0.15) is 0 Å². The van der Waals surface area contributed by atoms with Gasteiger partial charge < -0.3 is 23.7 Å². The average molecular weight is 469 g/mol. The monoisotopic (exact) mass is 468 g/mol. The van der Waals surface area contributed by atoms with E-state index in [1.54, 1.807) is 7.11 Å². The summed E-state index contributed by atoms with van der Waals surface area (Å²) in [6.45, 7) is 4.36. The number of methoxy groups -OCH3 is 2. The lowest BCUT2D eigenvalue weighted by molar-refractivity contribution is -0.143. The normalized spacial score (nSPS) is 19.9. The predicted octanol–water partition coefficient (Wildman–Crippen LogP) is 3.59. The summed E-state index contributed by atoms with van der Waals surface area (Å²) in [5.74, 6) is 0.520. The van der Waals surface area contributed by atoms with Crippen molar-refractivity contribution in [2.45, 2.75) is 39.5 Å². The summed E-state index contributed by atoms with van der Waals surface area (Å²) in [5.41, 5.74) is 4.12. The van der Waals surface area contributed by atoms with Gasteiger partial charge in [-0.1, -0.05) is 0 Å². The van der Waals surface area contributed by atoms with Gasteiger partial charge in [0.25, 0.3) is 0 Å². The maximum absolute atomic E-state index is 11.7. The minimum Gasteiger partial charge on any atom is -0.493 e. The van der Waals surface area contributed by atoms with Crippen LogP contribution in [0, 0.1) is 11.8 Å². The van der Waals surface area contributed by atoms with E-state index in [9.17, 15) is 14.4 Å². The molecule has 0 amide bonds. The number of hydrogen-bond acceptors (Lipinski definition) is 8. The first-order valence-electron chi connectivity index (χ1n) is 11.1. The Bertz CT molecular complexity index is 1150. The molecule has 8 heteroatoms. The van der Waals surface area contributed by atoms with Crippen molar-refractivity contribution in [2.24, 2.45) is 11.8 Å². The van der Waals surface area contributed by atoms with Crippen molar-refractivity contribution in [2.75, 3.05) is 20.8 Å². The third kappa shape index (κ3) is 4.44. The molecule has 0 fully saturated rings. The second kappa shape index (κ2) is 9.37. The van der Waals surface area contributed by atoms with Gasteiger partial charge >= 0.3 is 17.9 Å². The van der Waals surface area contributed by atoms with Crippen LogP contribution >= 0.6 is 0 Å². The highest BCUT2D eigenvalue weighted by atomic mass is 16.6. The zero-order chi connectivity index (χ0) is 24.6. The molecular weight excluding hydrogens is 440 g/mol. The summed E-state index contributed by atoms with van der Waals surface area (Å²) in [7, 11) is 3.06. The quantitative estimate of drug-likeness (QED) is 0.469. The number of benzene rings is 2. The maximum atomic E-state index is 11.7. The van der Waals surface area contributed by atoms with Gasteiger partial charge in [0.2, 0.25) is 0 Å². The van der Waals surface area contributed by atoms with E-state index in [1.165, 1.54) is 27.9 Å². The molecule has 0 radical (unpaired) electrons. The molecule has 0 saturated carbocycles. The van der Waals surface area contributed by atoms with E-state index >= 15 is 0 Å². The highest BCUT2D eigenvalue weighted by molar-refractivity contribution is 5.72. The molecule has 2 aromatic carbocycles. The van der Waals surface area contributed by atoms with E-state index in [0.717, 1.165) is 35.1 Å². The Kier molecular flexibility index (Phi) is 6.50. The first kappa shape index (κ1) is 23.6. The Labute approximate surface area is 198 Å². The fourth-order valence-electron chi connectivity index (χ4n) is 5.24. The zero-order valence-corrected chi connectivity index (χ0v) is 19.9. The molecule has 34 heavy (non-hydrogen) atoms. The lowest BCUT2D eigenvalue weighted by Crippen LogP contribution is -2.39. The molecule has 2 aliphatic carbocycles. The molecule has 0 unspecified atom stereocenters. The van der Waals surface area contributed by atoms with E-state index in [-0.39, 0.29) is 30.3 Å². The highest BCUT2D eigenvalue weighted by Gasteiger charge is 2.44. The Morgan fingerprint density at radius 3 is 1.71 bits per heavy atom. The Morgan fingerprint density at radius 1 is 0.735 bits per heavy atom. The number of carbonyl (C=O) groups is 3. The molecular formula is C26H28O8. The van der Waals surface area contributed by atoms with Crippen molar-refractivity contribution < 1.29 is 38.1 Å². The standard InChI is InChI=1S/C26H28O8/c1-13(27)32-12-21-16-6-17-8-22(30-4)25(34-15(3)29)11-20(17)26(21)19-10-23(31-5)24(33-14(2)28)9-18(19)7-16/h8-11,16,21,26H,6-7,12H2,1-5H3/t16-,21+,26-/m1/s1. The third-order valence-electron chi connectivity index (χ3n) is 6.51. The first-order chi connectivity index (χ1) is 16.2. The number of hydrogen-bond donors (Lipinski definition) is 0. The van der Waals surface area contributed by atoms with E-state index < -0.39 is 11.9 Å². The highest BCUT2D eigenvalue weighted by Crippen LogP contribution is 2.53. The van der Waals surface area contributed by atoms with Gasteiger partial charge in [0.1, 0.15) is 0 Å². The summed E-state index contributed by atoms with van der Waals surface area (Å²) in [4.78, 5) is 35.0. The van der Waals surface area contributed by atoms with Crippen LogP contribution in [0.3, 0.4) is 0 Å². The predicted molar refractivity (Wildman–Crippen MR) is 121 cm³/mol. The summed E-state index contributed by atoms with van der Waals surface area (Å²) >= 11 is 0. The molecule has 0 heterocycles. The van der Waals surface area contributed by atoms with E-state index in [1.807, 2.05) is 24.3 Å². The van der Waals surface area contributed by atoms with Gasteiger partial charge in [0.05, 0.1) is 20.8 Å². The summed E-state index contributed by atoms with van der Waals surface area (Å²) in [6, 6.07) is 7.52. The van der Waals surface area contributed by atoms with Crippen LogP contribution in [0.5, 0.6) is 23.0 Å². The molecule has 0 N–H and O–H groups in total. The fourth-order valence-corrected chi connectivity index (χ4v) is 5.24. The lowest BCUT2D eigenvalue weighted by Gasteiger charge is -2.45. The largest absolute Gasteiger partial charge is 0.493 e. The van der Waals surface area contributed by atoms with Crippen LogP contribution in [-0.4, -0.2) is 38.7 Å². The molecule has 2 aromatic rings. The molecule has 0 saturated heterocycles. The van der Waals surface area contributed by atoms with Crippen LogP contribution in [0.2, 0.25) is 0 Å². The Balaban J connectivity index is 1.89. The molecule has 0 spiro atoms. The fraction of sp³-hybridized carbons (Fsp3) is 0.423. The molecule has 3 atom stereocenters. The SMILES string of the molecule is COc1cc2c(cc1OC(C)=O)C[C@H]1Cc3cc(OC)c(OC(C)=O)cc3[C@@H]2[C@H]1COC(C)=O. The van der Waals surface area contributed by atoms with Gasteiger partial charge in [-0.25, -0.2) is 0 Å². The minimum absolute atomic E-state index is 0.0201. The number of esters is 3. The van der Waals surface area contributed by atoms with Crippen molar-refractivity contribution >= 4 is 17.9 Å². The third-order valence-corrected chi connectivity index (χ3v) is 6.51. The van der Waals surface area contributed by atoms with Crippen molar-refractivity contribution in [3.8, 4) is 23.0 Å². The van der Waals surface area contributed by atoms with Crippen LogP contribution in [0.4, 0.5) is 0 Å². The second-order valence-corrected chi connectivity index (χ2v) is 8.70. The van der Waals surface area contributed by atoms with Gasteiger partial charge in [0.15, 0.2) is 23.0 Å². The molecule has 180 valence electrons.